The fourth-order valence-corrected chi connectivity index (χ4v) is 3.26. The number of ether oxygens (including phenoxy) is 1. The Balaban J connectivity index is 1.59. The number of aromatic nitrogens is 1. The summed E-state index contributed by atoms with van der Waals surface area (Å²) in [4.78, 5) is 3.77. The molecule has 0 radical (unpaired) electrons. The number of epoxide rings is 1. The van der Waals surface area contributed by atoms with E-state index in [0.717, 1.165) is 24.4 Å². The van der Waals surface area contributed by atoms with E-state index in [1.165, 1.54) is 35.6 Å². The van der Waals surface area contributed by atoms with Crippen LogP contribution in [-0.4, -0.2) is 17.9 Å². The van der Waals surface area contributed by atoms with E-state index in [4.69, 9.17) is 4.74 Å². The fraction of sp³-hybridized carbons (Fsp3) is 0.190. The van der Waals surface area contributed by atoms with Crippen LogP contribution in [0, 0.1) is 11.6 Å². The van der Waals surface area contributed by atoms with Crippen LogP contribution in [0.5, 0.6) is 0 Å². The number of benzene rings is 2. The van der Waals surface area contributed by atoms with Crippen molar-refractivity contribution in [3.8, 4) is 11.1 Å². The number of anilines is 1. The molecule has 0 spiro atoms. The van der Waals surface area contributed by atoms with Gasteiger partial charge in [-0.25, -0.2) is 8.78 Å². The van der Waals surface area contributed by atoms with Crippen molar-refractivity contribution < 1.29 is 35.5 Å². The first-order valence-corrected chi connectivity index (χ1v) is 8.91. The summed E-state index contributed by atoms with van der Waals surface area (Å²) in [6.07, 6.45) is -3.45. The van der Waals surface area contributed by atoms with Crippen LogP contribution in [0.2, 0.25) is 0 Å². The van der Waals surface area contributed by atoms with Crippen molar-refractivity contribution in [3.63, 3.8) is 0 Å². The Kier molecular flexibility index (Phi) is 4.92. The van der Waals surface area contributed by atoms with E-state index in [1.807, 2.05) is 0 Å². The molecule has 0 amide bonds. The molecule has 2 aromatic carbocycles. The average molecular weight is 442 g/mol. The zero-order valence-corrected chi connectivity index (χ0v) is 15.5. The van der Waals surface area contributed by atoms with Crippen molar-refractivity contribution in [2.45, 2.75) is 17.8 Å². The largest absolute Gasteiger partial charge is 0.482 e. The van der Waals surface area contributed by atoms with Crippen molar-refractivity contribution in [1.82, 2.24) is 4.98 Å². The summed E-state index contributed by atoms with van der Waals surface area (Å²) in [5.41, 5.74) is -2.79. The van der Waals surface area contributed by atoms with Gasteiger partial charge in [-0.3, -0.25) is 10.3 Å². The van der Waals surface area contributed by atoms with E-state index >= 15 is 8.78 Å². The van der Waals surface area contributed by atoms with Gasteiger partial charge in [0.15, 0.2) is 5.60 Å². The maximum atomic E-state index is 15.1. The highest BCUT2D eigenvalue weighted by Gasteiger charge is 2.68. The Morgan fingerprint density at radius 1 is 0.871 bits per heavy atom. The lowest BCUT2D eigenvalue weighted by Gasteiger charge is -2.24. The summed E-state index contributed by atoms with van der Waals surface area (Å²) < 4.78 is 99.5. The molecule has 1 fully saturated rings. The summed E-state index contributed by atoms with van der Waals surface area (Å²) in [7, 11) is 0. The first-order chi connectivity index (χ1) is 14.5. The molecule has 1 aromatic heterocycles. The van der Waals surface area contributed by atoms with Crippen LogP contribution in [0.15, 0.2) is 60.8 Å². The normalized spacial score (nSPS) is 18.7. The number of nitrogens with one attached hydrogen (secondary N) is 1. The molecular weight excluding hydrogens is 429 g/mol. The SMILES string of the molecule is Fc1ccc(C2(C(F)(F)c3ccc(-c4ccc(NC(F)(F)F)cc4)cn3)CO2)c(F)c1. The summed E-state index contributed by atoms with van der Waals surface area (Å²) in [5, 5.41) is 1.35. The zero-order valence-electron chi connectivity index (χ0n) is 15.5. The molecule has 3 nitrogen and oxygen atoms in total. The molecule has 10 heteroatoms. The standard InChI is InChI=1S/C21H13F7N2O/c22-14-4-7-16(17(23)9-14)19(11-31-19)20(24,25)18-8-3-13(10-29-18)12-1-5-15(6-2-12)30-21(26,27)28/h1-10,30H,11H2. The van der Waals surface area contributed by atoms with Gasteiger partial charge in [-0.2, -0.15) is 22.0 Å². The Labute approximate surface area is 171 Å². The van der Waals surface area contributed by atoms with Crippen molar-refractivity contribution in [2.24, 2.45) is 0 Å². The van der Waals surface area contributed by atoms with E-state index in [9.17, 15) is 22.0 Å². The van der Waals surface area contributed by atoms with Crippen LogP contribution in [-0.2, 0) is 16.3 Å². The predicted octanol–water partition coefficient (Wildman–Crippen LogP) is 5.98. The quantitative estimate of drug-likeness (QED) is 0.300. The van der Waals surface area contributed by atoms with Crippen molar-refractivity contribution in [2.75, 3.05) is 11.9 Å². The molecule has 0 bridgehead atoms. The van der Waals surface area contributed by atoms with Crippen LogP contribution in [0.3, 0.4) is 0 Å². The molecule has 0 aliphatic carbocycles. The minimum absolute atomic E-state index is 0.179. The second-order valence-electron chi connectivity index (χ2n) is 6.95. The van der Waals surface area contributed by atoms with Gasteiger partial charge < -0.3 is 4.74 Å². The van der Waals surface area contributed by atoms with Crippen LogP contribution in [0.1, 0.15) is 11.3 Å². The molecule has 4 rings (SSSR count). The molecule has 0 saturated carbocycles. The minimum Gasteiger partial charge on any atom is -0.357 e. The smallest absolute Gasteiger partial charge is 0.357 e. The molecule has 1 atom stereocenters. The summed E-state index contributed by atoms with van der Waals surface area (Å²) in [5.74, 6) is -5.77. The third-order valence-corrected chi connectivity index (χ3v) is 4.90. The number of rotatable bonds is 5. The Morgan fingerprint density at radius 3 is 2.03 bits per heavy atom. The molecule has 1 saturated heterocycles. The van der Waals surface area contributed by atoms with Gasteiger partial charge >= 0.3 is 12.2 Å². The predicted molar refractivity (Wildman–Crippen MR) is 97.2 cm³/mol. The van der Waals surface area contributed by atoms with Crippen LogP contribution >= 0.6 is 0 Å². The number of halogens is 7. The van der Waals surface area contributed by atoms with Gasteiger partial charge in [-0.05, 0) is 35.9 Å². The Morgan fingerprint density at radius 2 is 1.52 bits per heavy atom. The van der Waals surface area contributed by atoms with E-state index in [1.54, 1.807) is 0 Å². The highest BCUT2D eigenvalue weighted by Crippen LogP contribution is 2.56. The first-order valence-electron chi connectivity index (χ1n) is 8.91. The number of alkyl halides is 5. The van der Waals surface area contributed by atoms with E-state index in [2.05, 4.69) is 4.98 Å². The van der Waals surface area contributed by atoms with E-state index in [0.29, 0.717) is 17.2 Å². The Bertz CT molecular complexity index is 1090. The third-order valence-electron chi connectivity index (χ3n) is 4.90. The van der Waals surface area contributed by atoms with Crippen molar-refractivity contribution in [3.05, 3.63) is 83.7 Å². The highest BCUT2D eigenvalue weighted by molar-refractivity contribution is 5.65. The third kappa shape index (κ3) is 3.95. The number of nitrogens with zero attached hydrogens (tertiary/aromatic N) is 1. The van der Waals surface area contributed by atoms with Gasteiger partial charge in [0.1, 0.15) is 17.3 Å². The zero-order chi connectivity index (χ0) is 22.4. The first kappa shape index (κ1) is 21.1. The topological polar surface area (TPSA) is 37.5 Å². The fourth-order valence-electron chi connectivity index (χ4n) is 3.26. The van der Waals surface area contributed by atoms with Crippen molar-refractivity contribution in [1.29, 1.82) is 0 Å². The van der Waals surface area contributed by atoms with Crippen LogP contribution in [0.25, 0.3) is 11.1 Å². The van der Waals surface area contributed by atoms with E-state index in [-0.39, 0.29) is 5.69 Å². The van der Waals surface area contributed by atoms with Crippen LogP contribution < -0.4 is 5.32 Å². The Hall–Kier alpha value is -3.14. The van der Waals surface area contributed by atoms with Crippen molar-refractivity contribution >= 4 is 5.69 Å². The second kappa shape index (κ2) is 7.23. The lowest BCUT2D eigenvalue weighted by Crippen LogP contribution is -2.34. The van der Waals surface area contributed by atoms with Gasteiger partial charge in [-0.15, -0.1) is 0 Å². The second-order valence-corrected chi connectivity index (χ2v) is 6.95. The number of hydrogen-bond acceptors (Lipinski definition) is 3. The summed E-state index contributed by atoms with van der Waals surface area (Å²) >= 11 is 0. The maximum Gasteiger partial charge on any atom is 0.482 e. The molecule has 3 aromatic rings. The van der Waals surface area contributed by atoms with E-state index < -0.39 is 47.3 Å². The molecule has 2 heterocycles. The maximum absolute atomic E-state index is 15.1. The molecule has 1 aliphatic heterocycles. The van der Waals surface area contributed by atoms with Gasteiger partial charge in [0, 0.05) is 29.1 Å². The molecule has 162 valence electrons. The summed E-state index contributed by atoms with van der Waals surface area (Å²) in [6.45, 7) is -0.473. The number of pyridine rings is 1. The molecule has 1 N–H and O–H groups in total. The monoisotopic (exact) mass is 442 g/mol. The van der Waals surface area contributed by atoms with Gasteiger partial charge in [0.2, 0.25) is 0 Å². The average Bonchev–Trinajstić information content (AvgIpc) is 3.50. The van der Waals surface area contributed by atoms with Gasteiger partial charge in [0.05, 0.1) is 6.61 Å². The van der Waals surface area contributed by atoms with Gasteiger partial charge in [0.25, 0.3) is 0 Å². The highest BCUT2D eigenvalue weighted by atomic mass is 19.4. The lowest BCUT2D eigenvalue weighted by molar-refractivity contribution is -0.0999. The number of hydrogen-bond donors (Lipinski definition) is 1. The minimum atomic E-state index is -4.58. The van der Waals surface area contributed by atoms with Crippen LogP contribution in [0.4, 0.5) is 36.4 Å². The molecule has 31 heavy (non-hydrogen) atoms. The van der Waals surface area contributed by atoms with Gasteiger partial charge in [-0.1, -0.05) is 18.2 Å². The molecule has 1 unspecified atom stereocenters. The molecule has 1 aliphatic rings. The molecular formula is C21H13F7N2O. The lowest BCUT2D eigenvalue weighted by atomic mass is 9.90. The summed E-state index contributed by atoms with van der Waals surface area (Å²) in [6, 6.07) is 9.77.